The number of amides is 1. The molecule has 0 radical (unpaired) electrons. The lowest BCUT2D eigenvalue weighted by Crippen LogP contribution is -2.13. The lowest BCUT2D eigenvalue weighted by molar-refractivity contribution is 0.162. The minimum absolute atomic E-state index is 0.0704. The van der Waals surface area contributed by atoms with Crippen LogP contribution in [0, 0.1) is 0 Å². The van der Waals surface area contributed by atoms with Gasteiger partial charge in [-0.2, -0.15) is 0 Å². The molecule has 0 bridgehead atoms. The molecular formula is C10H16NO2S+. The maximum atomic E-state index is 11.2. The monoisotopic (exact) mass is 214 g/mol. The third-order valence-corrected chi connectivity index (χ3v) is 3.66. The van der Waals surface area contributed by atoms with E-state index >= 15 is 0 Å². The van der Waals surface area contributed by atoms with Gasteiger partial charge in [0.25, 0.3) is 0 Å². The Labute approximate surface area is 87.1 Å². The molecule has 0 spiro atoms. The van der Waals surface area contributed by atoms with Crippen molar-refractivity contribution in [3.63, 3.8) is 0 Å². The van der Waals surface area contributed by atoms with Gasteiger partial charge >= 0.3 is 6.09 Å². The topological polar surface area (TPSA) is 38.3 Å². The maximum Gasteiger partial charge on any atom is 0.415 e. The molecule has 0 saturated carbocycles. The second-order valence-corrected chi connectivity index (χ2v) is 4.98. The molecule has 4 heteroatoms. The van der Waals surface area contributed by atoms with Gasteiger partial charge < -0.3 is 4.74 Å². The molecule has 0 aliphatic rings. The summed E-state index contributed by atoms with van der Waals surface area (Å²) in [5, 5.41) is 5.84. The van der Waals surface area contributed by atoms with Crippen molar-refractivity contribution in [2.24, 2.45) is 0 Å². The SMILES string of the molecule is CCCOC(=O)Nc1ccc[s+]1CC. The van der Waals surface area contributed by atoms with Crippen LogP contribution >= 0.6 is 10.5 Å². The molecular weight excluding hydrogens is 198 g/mol. The highest BCUT2D eigenvalue weighted by Gasteiger charge is 2.13. The van der Waals surface area contributed by atoms with Crippen LogP contribution in [0.25, 0.3) is 0 Å². The molecule has 1 aromatic rings. The molecule has 1 heterocycles. The Morgan fingerprint density at radius 2 is 2.36 bits per heavy atom. The summed E-state index contributed by atoms with van der Waals surface area (Å²) >= 11 is 0. The molecule has 0 aliphatic carbocycles. The van der Waals surface area contributed by atoms with Gasteiger partial charge in [-0.05, 0) is 19.4 Å². The first-order chi connectivity index (χ1) is 6.77. The Balaban J connectivity index is 2.47. The van der Waals surface area contributed by atoms with E-state index in [1.54, 1.807) is 0 Å². The van der Waals surface area contributed by atoms with Gasteiger partial charge in [-0.1, -0.05) is 6.92 Å². The van der Waals surface area contributed by atoms with E-state index in [0.29, 0.717) is 6.61 Å². The Hall–Kier alpha value is -1.03. The van der Waals surface area contributed by atoms with E-state index in [-0.39, 0.29) is 16.6 Å². The highest BCUT2D eigenvalue weighted by molar-refractivity contribution is 7.32. The Morgan fingerprint density at radius 3 is 3.00 bits per heavy atom. The highest BCUT2D eigenvalue weighted by Crippen LogP contribution is 2.30. The summed E-state index contributed by atoms with van der Waals surface area (Å²) in [6.45, 7) is 4.55. The predicted molar refractivity (Wildman–Crippen MR) is 59.9 cm³/mol. The van der Waals surface area contributed by atoms with Gasteiger partial charge in [0.15, 0.2) is 0 Å². The molecule has 78 valence electrons. The van der Waals surface area contributed by atoms with Crippen molar-refractivity contribution in [1.29, 1.82) is 0 Å². The number of carbonyl (C=O) groups is 1. The van der Waals surface area contributed by atoms with E-state index < -0.39 is 0 Å². The van der Waals surface area contributed by atoms with Gasteiger partial charge in [0.1, 0.15) is 11.1 Å². The van der Waals surface area contributed by atoms with Gasteiger partial charge in [0.05, 0.1) is 6.61 Å². The van der Waals surface area contributed by atoms with Gasteiger partial charge in [-0.3, -0.25) is 0 Å². The molecule has 0 saturated heterocycles. The van der Waals surface area contributed by atoms with Crippen LogP contribution in [0.4, 0.5) is 9.80 Å². The first-order valence-electron chi connectivity index (χ1n) is 4.79. The molecule has 1 atom stereocenters. The highest BCUT2D eigenvalue weighted by atomic mass is 32.2. The fourth-order valence-corrected chi connectivity index (χ4v) is 2.46. The Kier molecular flexibility index (Phi) is 4.46. The fraction of sp³-hybridized carbons (Fsp3) is 0.500. The average molecular weight is 214 g/mol. The number of thiophene rings is 1. The predicted octanol–water partition coefficient (Wildman–Crippen LogP) is 3.41. The summed E-state index contributed by atoms with van der Waals surface area (Å²) in [5.41, 5.74) is 0. The molecule has 0 aliphatic heterocycles. The average Bonchev–Trinajstić information content (AvgIpc) is 2.62. The van der Waals surface area contributed by atoms with Gasteiger partial charge in [-0.25, -0.2) is 10.1 Å². The summed E-state index contributed by atoms with van der Waals surface area (Å²) in [7, 11) is 0.0704. The maximum absolute atomic E-state index is 11.2. The first kappa shape index (κ1) is 11.0. The van der Waals surface area contributed by atoms with Gasteiger partial charge in [0, 0.05) is 16.5 Å². The summed E-state index contributed by atoms with van der Waals surface area (Å²) in [5.74, 6) is 1.02. The van der Waals surface area contributed by atoms with E-state index in [9.17, 15) is 4.79 Å². The van der Waals surface area contributed by atoms with E-state index in [1.807, 2.05) is 19.1 Å². The van der Waals surface area contributed by atoms with E-state index in [1.165, 1.54) is 0 Å². The summed E-state index contributed by atoms with van der Waals surface area (Å²) < 4.78 is 4.93. The molecule has 1 N–H and O–H groups in total. The molecule has 0 aromatic carbocycles. The number of anilines is 1. The zero-order valence-corrected chi connectivity index (χ0v) is 9.39. The van der Waals surface area contributed by atoms with Crippen LogP contribution in [0.15, 0.2) is 17.5 Å². The molecule has 0 fully saturated rings. The number of hydrogen-bond donors (Lipinski definition) is 1. The molecule has 1 aromatic heterocycles. The standard InChI is InChI=1S/C10H15NO2S/c1-3-7-13-10(12)11-9-6-5-8-14(9)4-2/h5-6,8H,3-4,7H2,1-2H3/p+1. The third-order valence-electron chi connectivity index (χ3n) is 1.75. The van der Waals surface area contributed by atoms with Crippen LogP contribution < -0.4 is 5.32 Å². The van der Waals surface area contributed by atoms with E-state index in [4.69, 9.17) is 4.74 Å². The van der Waals surface area contributed by atoms with Crippen LogP contribution in [0.5, 0.6) is 0 Å². The number of carbonyl (C=O) groups excluding carboxylic acids is 1. The normalized spacial score (nSPS) is 11.1. The second kappa shape index (κ2) is 5.65. The van der Waals surface area contributed by atoms with Gasteiger partial charge in [0.2, 0.25) is 5.00 Å². The van der Waals surface area contributed by atoms with Crippen molar-refractivity contribution in [2.45, 2.75) is 26.0 Å². The molecule has 3 nitrogen and oxygen atoms in total. The molecule has 1 unspecified atom stereocenters. The van der Waals surface area contributed by atoms with Crippen molar-refractivity contribution in [3.8, 4) is 0 Å². The van der Waals surface area contributed by atoms with Crippen molar-refractivity contribution in [2.75, 3.05) is 11.9 Å². The minimum Gasteiger partial charge on any atom is -0.449 e. The largest absolute Gasteiger partial charge is 0.449 e. The zero-order chi connectivity index (χ0) is 10.4. The zero-order valence-electron chi connectivity index (χ0n) is 8.58. The lowest BCUT2D eigenvalue weighted by atomic mass is 10.5. The number of aryl methyl sites for hydroxylation is 1. The number of nitrogens with one attached hydrogen (secondary N) is 1. The van der Waals surface area contributed by atoms with E-state index in [0.717, 1.165) is 17.2 Å². The number of rotatable bonds is 4. The smallest absolute Gasteiger partial charge is 0.415 e. The first-order valence-corrected chi connectivity index (χ1v) is 6.25. The fourth-order valence-electron chi connectivity index (χ4n) is 1.07. The molecule has 1 amide bonds. The summed E-state index contributed by atoms with van der Waals surface area (Å²) in [6, 6.07) is 3.90. The van der Waals surface area contributed by atoms with E-state index in [2.05, 4.69) is 17.6 Å². The quantitative estimate of drug-likeness (QED) is 0.780. The summed E-state index contributed by atoms with van der Waals surface area (Å²) in [4.78, 5) is 11.2. The Morgan fingerprint density at radius 1 is 1.57 bits per heavy atom. The van der Waals surface area contributed by atoms with Crippen LogP contribution in [-0.2, 0) is 10.5 Å². The number of ether oxygens (including phenoxy) is 1. The van der Waals surface area contributed by atoms with Crippen molar-refractivity contribution < 1.29 is 9.53 Å². The molecule has 1 rings (SSSR count). The van der Waals surface area contributed by atoms with Crippen molar-refractivity contribution >= 4 is 21.6 Å². The minimum atomic E-state index is -0.340. The molecule has 14 heavy (non-hydrogen) atoms. The summed E-state index contributed by atoms with van der Waals surface area (Å²) in [6.07, 6.45) is 0.511. The van der Waals surface area contributed by atoms with Crippen LogP contribution in [0.3, 0.4) is 0 Å². The third kappa shape index (κ3) is 3.03. The lowest BCUT2D eigenvalue weighted by Gasteiger charge is -2.01. The van der Waals surface area contributed by atoms with Crippen LogP contribution in [0.2, 0.25) is 0 Å². The second-order valence-electron chi connectivity index (χ2n) is 2.84. The van der Waals surface area contributed by atoms with Gasteiger partial charge in [-0.15, -0.1) is 0 Å². The van der Waals surface area contributed by atoms with Crippen LogP contribution in [-0.4, -0.2) is 12.7 Å². The number of hydrogen-bond acceptors (Lipinski definition) is 2. The Bertz CT molecular complexity index is 296. The van der Waals surface area contributed by atoms with Crippen LogP contribution in [0.1, 0.15) is 20.3 Å². The van der Waals surface area contributed by atoms with Crippen molar-refractivity contribution in [1.82, 2.24) is 0 Å². The van der Waals surface area contributed by atoms with Crippen molar-refractivity contribution in [3.05, 3.63) is 17.5 Å².